The van der Waals surface area contributed by atoms with E-state index in [-0.39, 0.29) is 0 Å². The number of nitrogens with one attached hydrogen (secondary N) is 1. The van der Waals surface area contributed by atoms with Crippen LogP contribution in [0.1, 0.15) is 29.5 Å². The van der Waals surface area contributed by atoms with Gasteiger partial charge < -0.3 is 4.90 Å². The number of ketones is 1. The maximum absolute atomic E-state index is 12.7. The van der Waals surface area contributed by atoms with Crippen molar-refractivity contribution >= 4 is 27.6 Å². The van der Waals surface area contributed by atoms with Crippen molar-refractivity contribution in [2.24, 2.45) is 0 Å². The summed E-state index contributed by atoms with van der Waals surface area (Å²) in [5.74, 6) is 0.294. The molecule has 1 N–H and O–H groups in total. The minimum Gasteiger partial charge on any atom is -0.304 e. The largest absolute Gasteiger partial charge is 0.304 e. The van der Waals surface area contributed by atoms with Gasteiger partial charge in [0.2, 0.25) is 0 Å². The van der Waals surface area contributed by atoms with Crippen molar-refractivity contribution in [1.82, 2.24) is 25.0 Å². The van der Waals surface area contributed by atoms with Crippen molar-refractivity contribution in [2.75, 3.05) is 39.8 Å². The molecule has 0 amide bonds. The number of rotatable bonds is 5. The Hall–Kier alpha value is -3.09. The van der Waals surface area contributed by atoms with Crippen LogP contribution in [0.2, 0.25) is 0 Å². The van der Waals surface area contributed by atoms with Gasteiger partial charge in [-0.1, -0.05) is 24.3 Å². The summed E-state index contributed by atoms with van der Waals surface area (Å²) in [7, 11) is 2.14. The number of Topliss-reactive ketones (excluding diaryl/α,β-unsaturated/α-hetero) is 1. The molecule has 1 fully saturated rings. The van der Waals surface area contributed by atoms with E-state index in [1.165, 1.54) is 34.7 Å². The van der Waals surface area contributed by atoms with Gasteiger partial charge in [-0.25, -0.2) is 4.98 Å². The number of aromatic amines is 1. The molecule has 34 heavy (non-hydrogen) atoms. The lowest BCUT2D eigenvalue weighted by Gasteiger charge is -2.31. The summed E-state index contributed by atoms with van der Waals surface area (Å²) in [6.45, 7) is 4.59. The molecule has 0 bridgehead atoms. The van der Waals surface area contributed by atoms with E-state index < -0.39 is 0 Å². The normalized spacial score (nSPS) is 17.3. The molecule has 0 atom stereocenters. The maximum atomic E-state index is 12.7. The minimum atomic E-state index is 0.294. The first-order chi connectivity index (χ1) is 16.7. The van der Waals surface area contributed by atoms with Gasteiger partial charge in [0.1, 0.15) is 0 Å². The molecule has 4 aromatic rings. The Bertz CT molecular complexity index is 1350. The number of hydrogen-bond acceptors (Lipinski definition) is 5. The zero-order valence-electron chi connectivity index (χ0n) is 19.8. The topological polar surface area (TPSA) is 65.1 Å². The molecule has 6 heteroatoms. The molecular formula is C28H31N5O. The maximum Gasteiger partial charge on any atom is 0.151 e. The summed E-state index contributed by atoms with van der Waals surface area (Å²) >= 11 is 0. The number of piperazine rings is 1. The zero-order chi connectivity index (χ0) is 23.1. The fourth-order valence-electron chi connectivity index (χ4n) is 5.60. The van der Waals surface area contributed by atoms with Crippen LogP contribution in [0, 0.1) is 0 Å². The van der Waals surface area contributed by atoms with E-state index in [1.54, 1.807) is 0 Å². The number of carbonyl (C=O) groups is 1. The van der Waals surface area contributed by atoms with E-state index in [9.17, 15) is 4.79 Å². The van der Waals surface area contributed by atoms with Crippen molar-refractivity contribution in [2.45, 2.75) is 32.1 Å². The molecule has 1 aliphatic carbocycles. The van der Waals surface area contributed by atoms with E-state index in [0.717, 1.165) is 66.9 Å². The van der Waals surface area contributed by atoms with E-state index in [1.807, 2.05) is 6.20 Å². The molecular weight excluding hydrogens is 422 g/mol. The molecule has 0 unspecified atom stereocenters. The lowest BCUT2D eigenvalue weighted by atomic mass is 9.85. The van der Waals surface area contributed by atoms with E-state index in [4.69, 9.17) is 4.98 Å². The standard InChI is InChI=1S/C28H31N5O/c1-32-12-14-33(15-13-32)18-21(34)16-19-6-8-20(9-7-19)28-23-5-3-2-4-22(23)27-24-17-29-31-25(24)10-11-26(27)30-28/h6-11,17H,2-5,12-16,18H2,1H3,(H,29,31). The molecule has 1 saturated heterocycles. The van der Waals surface area contributed by atoms with Crippen LogP contribution in [0.5, 0.6) is 0 Å². The van der Waals surface area contributed by atoms with Crippen molar-refractivity contribution in [3.63, 3.8) is 0 Å². The van der Waals surface area contributed by atoms with Crippen LogP contribution in [0.4, 0.5) is 0 Å². The Balaban J connectivity index is 1.27. The molecule has 2 aliphatic rings. The molecule has 3 heterocycles. The van der Waals surface area contributed by atoms with Crippen LogP contribution in [-0.2, 0) is 24.1 Å². The van der Waals surface area contributed by atoms with Crippen molar-refractivity contribution in [3.05, 3.63) is 59.3 Å². The number of pyridine rings is 1. The minimum absolute atomic E-state index is 0.294. The van der Waals surface area contributed by atoms with Crippen molar-refractivity contribution < 1.29 is 4.79 Å². The predicted octanol–water partition coefficient (Wildman–Crippen LogP) is 4.02. The first-order valence-corrected chi connectivity index (χ1v) is 12.4. The summed E-state index contributed by atoms with van der Waals surface area (Å²) < 4.78 is 0. The number of fused-ring (bicyclic) bond motifs is 5. The number of carbonyl (C=O) groups excluding carboxylic acids is 1. The molecule has 6 rings (SSSR count). The smallest absolute Gasteiger partial charge is 0.151 e. The second kappa shape index (κ2) is 8.93. The molecule has 2 aromatic carbocycles. The number of aromatic nitrogens is 3. The van der Waals surface area contributed by atoms with Gasteiger partial charge >= 0.3 is 0 Å². The third-order valence-corrected chi connectivity index (χ3v) is 7.51. The van der Waals surface area contributed by atoms with Gasteiger partial charge in [0.15, 0.2) is 5.78 Å². The molecule has 2 aromatic heterocycles. The second-order valence-electron chi connectivity index (χ2n) is 9.91. The predicted molar refractivity (Wildman–Crippen MR) is 136 cm³/mol. The van der Waals surface area contributed by atoms with E-state index in [2.05, 4.69) is 63.4 Å². The molecule has 0 spiro atoms. The summed E-state index contributed by atoms with van der Waals surface area (Å²) in [6, 6.07) is 12.7. The average molecular weight is 454 g/mol. The highest BCUT2D eigenvalue weighted by atomic mass is 16.1. The Kier molecular flexibility index (Phi) is 5.63. The molecule has 0 saturated carbocycles. The average Bonchev–Trinajstić information content (AvgIpc) is 3.34. The fraction of sp³-hybridized carbons (Fsp3) is 0.393. The second-order valence-corrected chi connectivity index (χ2v) is 9.91. The van der Waals surface area contributed by atoms with Crippen LogP contribution in [0.3, 0.4) is 0 Å². The van der Waals surface area contributed by atoms with Crippen LogP contribution in [0.15, 0.2) is 42.6 Å². The van der Waals surface area contributed by atoms with Gasteiger partial charge in [0.25, 0.3) is 0 Å². The number of aryl methyl sites for hydroxylation is 1. The number of hydrogen-bond donors (Lipinski definition) is 1. The molecule has 174 valence electrons. The van der Waals surface area contributed by atoms with Gasteiger partial charge in [0.05, 0.1) is 29.5 Å². The Morgan fingerprint density at radius 1 is 0.971 bits per heavy atom. The summed E-state index contributed by atoms with van der Waals surface area (Å²) in [6.07, 6.45) is 7.00. The number of nitrogens with zero attached hydrogens (tertiary/aromatic N) is 4. The highest BCUT2D eigenvalue weighted by Crippen LogP contribution is 2.37. The van der Waals surface area contributed by atoms with Gasteiger partial charge in [0, 0.05) is 48.9 Å². The van der Waals surface area contributed by atoms with Gasteiger partial charge in [-0.15, -0.1) is 0 Å². The fourth-order valence-corrected chi connectivity index (χ4v) is 5.60. The lowest BCUT2D eigenvalue weighted by molar-refractivity contribution is -0.119. The molecule has 6 nitrogen and oxygen atoms in total. The van der Waals surface area contributed by atoms with E-state index >= 15 is 0 Å². The summed E-state index contributed by atoms with van der Waals surface area (Å²) in [5, 5.41) is 9.80. The van der Waals surface area contributed by atoms with Crippen LogP contribution in [0.25, 0.3) is 33.1 Å². The quantitative estimate of drug-likeness (QED) is 0.495. The monoisotopic (exact) mass is 453 g/mol. The Morgan fingerprint density at radius 3 is 2.53 bits per heavy atom. The third-order valence-electron chi connectivity index (χ3n) is 7.51. The van der Waals surface area contributed by atoms with Gasteiger partial charge in [-0.05, 0) is 61.6 Å². The Morgan fingerprint density at radius 2 is 1.74 bits per heavy atom. The summed E-state index contributed by atoms with van der Waals surface area (Å²) in [5.41, 5.74) is 8.24. The van der Waals surface area contributed by atoms with Crippen molar-refractivity contribution in [3.8, 4) is 11.3 Å². The SMILES string of the molecule is CN1CCN(CC(=O)Cc2ccc(-c3nc4ccc5[nH]ncc5c4c4c3CCCC4)cc2)CC1. The first kappa shape index (κ1) is 21.4. The number of H-pyrrole nitrogens is 1. The number of benzene rings is 2. The van der Waals surface area contributed by atoms with E-state index in [0.29, 0.717) is 18.7 Å². The van der Waals surface area contributed by atoms with Crippen LogP contribution in [-0.4, -0.2) is 70.5 Å². The van der Waals surface area contributed by atoms with Gasteiger partial charge in [-0.2, -0.15) is 5.10 Å². The first-order valence-electron chi connectivity index (χ1n) is 12.4. The lowest BCUT2D eigenvalue weighted by Crippen LogP contribution is -2.46. The summed E-state index contributed by atoms with van der Waals surface area (Å²) in [4.78, 5) is 22.4. The third kappa shape index (κ3) is 4.01. The molecule has 1 aliphatic heterocycles. The van der Waals surface area contributed by atoms with Crippen LogP contribution < -0.4 is 0 Å². The Labute approximate surface area is 200 Å². The molecule has 0 radical (unpaired) electrons. The highest BCUT2D eigenvalue weighted by molar-refractivity contribution is 6.07. The van der Waals surface area contributed by atoms with Crippen molar-refractivity contribution in [1.29, 1.82) is 0 Å². The number of likely N-dealkylation sites (N-methyl/N-ethyl adjacent to an activating group) is 1. The highest BCUT2D eigenvalue weighted by Gasteiger charge is 2.21. The van der Waals surface area contributed by atoms with Gasteiger partial charge in [-0.3, -0.25) is 14.8 Å². The van der Waals surface area contributed by atoms with Crippen LogP contribution >= 0.6 is 0 Å². The zero-order valence-corrected chi connectivity index (χ0v) is 19.8.